The molecule has 15 nitrogen and oxygen atoms in total. The summed E-state index contributed by atoms with van der Waals surface area (Å²) in [5.74, 6) is 5.08. The van der Waals surface area contributed by atoms with Crippen molar-refractivity contribution in [2.24, 2.45) is 47.1 Å². The summed E-state index contributed by atoms with van der Waals surface area (Å²) in [6.45, 7) is 51.0. The van der Waals surface area contributed by atoms with E-state index in [1.807, 2.05) is 0 Å². The van der Waals surface area contributed by atoms with Crippen molar-refractivity contribution in [2.75, 3.05) is 0 Å². The average Bonchev–Trinajstić information content (AvgIpc) is 1.63. The van der Waals surface area contributed by atoms with Crippen molar-refractivity contribution in [2.45, 2.75) is 310 Å². The van der Waals surface area contributed by atoms with Crippen LogP contribution in [0.3, 0.4) is 0 Å². The molecular formula is C134H157N10O5+5. The van der Waals surface area contributed by atoms with E-state index in [-0.39, 0.29) is 0 Å². The highest BCUT2D eigenvalue weighted by Gasteiger charge is 2.35. The summed E-state index contributed by atoms with van der Waals surface area (Å²) < 4.78 is 43.4. The number of aromatic nitrogens is 10. The van der Waals surface area contributed by atoms with Crippen LogP contribution in [0, 0.1) is 67.2 Å². The third-order valence-electron chi connectivity index (χ3n) is 32.6. The number of benzene rings is 5. The van der Waals surface area contributed by atoms with Gasteiger partial charge in [0, 0.05) is 140 Å². The summed E-state index contributed by atoms with van der Waals surface area (Å²) in [5.41, 5.74) is 46.4. The molecule has 5 aromatic carbocycles. The topological polar surface area (TPSA) is 150 Å². The molecule has 149 heavy (non-hydrogen) atoms. The molecule has 15 heterocycles. The maximum absolute atomic E-state index is 6.44. The molecule has 0 saturated heterocycles. The molecule has 0 amide bonds. The van der Waals surface area contributed by atoms with E-state index in [2.05, 4.69) is 400 Å². The molecule has 0 aliphatic heterocycles. The minimum absolute atomic E-state index is 0.374. The van der Waals surface area contributed by atoms with Crippen LogP contribution in [0.15, 0.2) is 205 Å². The smallest absolute Gasteiger partial charge is 0.227 e. The van der Waals surface area contributed by atoms with E-state index < -0.39 is 0 Å². The SMILES string of the molecule is CCc1ccc2c(n1)oc1c(-c3cc(C)c(C4CCCC4)c[n+]3C)c(C)ccc12.CCc1ccc2c(n1)oc1c(-c3cc(C4CCCC4)c(C)c[n+]3C)c(C)ccc12.CCc1ccc2c(n1)oc1c(-c3cc(CC(C)C)c(C(C)C)c[n+]3C)c(C)ccc12.Cc1c[n+](C)c(-c2c(C)ccc3c2oc2nc(C(C)C)ccc23)cc1C1CCCC1.Cc1ccc2c(oc3nc(C(C)C)ccc32)c1-c1cc(CC(C)C)c(C(C)C)c[n+]1C. The molecule has 3 saturated carbocycles. The van der Waals surface area contributed by atoms with Crippen molar-refractivity contribution in [1.82, 2.24) is 24.9 Å². The zero-order chi connectivity index (χ0) is 105. The van der Waals surface area contributed by atoms with Gasteiger partial charge in [-0.3, -0.25) is 0 Å². The number of aryl methyl sites for hydroxylation is 16. The van der Waals surface area contributed by atoms with E-state index in [0.29, 0.717) is 47.3 Å². The molecular weight excluding hydrogens is 1830 g/mol. The Balaban J connectivity index is 0.000000117. The molecule has 0 atom stereocenters. The molecule has 768 valence electrons. The summed E-state index contributed by atoms with van der Waals surface area (Å²) in [5, 5.41) is 11.2. The lowest BCUT2D eigenvalue weighted by Crippen LogP contribution is -2.32. The Morgan fingerprint density at radius 1 is 0.255 bits per heavy atom. The number of hydrogen-bond donors (Lipinski definition) is 0. The maximum Gasteiger partial charge on any atom is 0.227 e. The van der Waals surface area contributed by atoms with Gasteiger partial charge in [0.2, 0.25) is 57.0 Å². The minimum atomic E-state index is 0.374. The fourth-order valence-electron chi connectivity index (χ4n) is 24.4. The Kier molecular flexibility index (Phi) is 30.2. The van der Waals surface area contributed by atoms with Gasteiger partial charge in [0.1, 0.15) is 35.2 Å². The molecule has 3 aliphatic rings. The number of pyridine rings is 10. The first-order valence-electron chi connectivity index (χ1n) is 55.7. The second-order valence-corrected chi connectivity index (χ2v) is 45.9. The summed E-state index contributed by atoms with van der Waals surface area (Å²) in [4.78, 5) is 23.8. The minimum Gasteiger partial charge on any atom is -0.437 e. The van der Waals surface area contributed by atoms with Gasteiger partial charge in [0.05, 0.1) is 27.8 Å². The van der Waals surface area contributed by atoms with E-state index in [4.69, 9.17) is 47.0 Å². The van der Waals surface area contributed by atoms with Crippen LogP contribution in [-0.2, 0) is 67.3 Å². The van der Waals surface area contributed by atoms with Crippen molar-refractivity contribution < 1.29 is 44.9 Å². The lowest BCUT2D eigenvalue weighted by Gasteiger charge is -2.15. The molecule has 0 bridgehead atoms. The molecule has 0 unspecified atom stereocenters. The lowest BCUT2D eigenvalue weighted by atomic mass is 9.91. The first-order chi connectivity index (χ1) is 71.5. The Morgan fingerprint density at radius 2 is 0.503 bits per heavy atom. The number of fused-ring (bicyclic) bond motifs is 15. The van der Waals surface area contributed by atoms with Gasteiger partial charge < -0.3 is 22.1 Å². The number of furan rings is 5. The zero-order valence-electron chi connectivity index (χ0n) is 94.1. The Labute approximate surface area is 882 Å². The Bertz CT molecular complexity index is 8490. The monoisotopic (exact) mass is 1990 g/mol. The largest absolute Gasteiger partial charge is 0.437 e. The van der Waals surface area contributed by atoms with E-state index in [1.165, 1.54) is 217 Å². The number of hydrogen-bond acceptors (Lipinski definition) is 10. The fourth-order valence-corrected chi connectivity index (χ4v) is 24.4. The molecule has 15 aromatic heterocycles. The second-order valence-electron chi connectivity index (χ2n) is 45.9. The van der Waals surface area contributed by atoms with Crippen molar-refractivity contribution in [3.8, 4) is 56.3 Å². The number of nitrogens with zero attached hydrogens (tertiary/aromatic N) is 10. The highest BCUT2D eigenvalue weighted by Crippen LogP contribution is 2.48. The van der Waals surface area contributed by atoms with Crippen LogP contribution in [0.25, 0.3) is 167 Å². The second kappa shape index (κ2) is 43.3. The Hall–Kier alpha value is -13.4. The summed E-state index contributed by atoms with van der Waals surface area (Å²) in [6.07, 6.45) is 32.5. The molecule has 23 rings (SSSR count). The highest BCUT2D eigenvalue weighted by molar-refractivity contribution is 6.13. The first-order valence-corrected chi connectivity index (χ1v) is 55.7. The molecule has 3 fully saturated rings. The van der Waals surface area contributed by atoms with Crippen molar-refractivity contribution in [3.63, 3.8) is 0 Å². The molecule has 0 N–H and O–H groups in total. The van der Waals surface area contributed by atoms with Gasteiger partial charge >= 0.3 is 0 Å². The van der Waals surface area contributed by atoms with Crippen LogP contribution in [0.1, 0.15) is 334 Å². The van der Waals surface area contributed by atoms with E-state index >= 15 is 0 Å². The van der Waals surface area contributed by atoms with Crippen LogP contribution in [0.2, 0.25) is 0 Å². The average molecular weight is 1990 g/mol. The molecule has 3 aliphatic carbocycles. The molecule has 0 radical (unpaired) electrons. The van der Waals surface area contributed by atoms with Gasteiger partial charge in [-0.15, -0.1) is 0 Å². The van der Waals surface area contributed by atoms with E-state index in [1.54, 1.807) is 0 Å². The van der Waals surface area contributed by atoms with Crippen molar-refractivity contribution >= 4 is 110 Å². The number of rotatable bonds is 19. The first kappa shape index (κ1) is 104. The fraction of sp³-hybridized carbons (Fsp3) is 0.403. The molecule has 20 aromatic rings. The van der Waals surface area contributed by atoms with Crippen LogP contribution in [0.4, 0.5) is 0 Å². The quantitative estimate of drug-likeness (QED) is 0.0716. The van der Waals surface area contributed by atoms with E-state index in [9.17, 15) is 0 Å². The van der Waals surface area contributed by atoms with Crippen LogP contribution < -0.4 is 22.8 Å². The van der Waals surface area contributed by atoms with Crippen molar-refractivity contribution in [1.29, 1.82) is 0 Å². The van der Waals surface area contributed by atoms with Gasteiger partial charge in [-0.1, -0.05) is 203 Å². The predicted molar refractivity (Wildman–Crippen MR) is 614 cm³/mol. The standard InChI is InChI=1S/C28H35N2O.C27H31N2O.C27H33N2O.2C26H29N2O/c1-16(2)13-20-14-25(30(8)15-23(20)17(3)4)26-19(7)9-10-21-22-11-12-24(18(5)6)29-28(22)31-27(21)26;1-16(2)23-13-12-21-20-11-10-17(3)25(26(20)30-27(21)28-23)24-14-22(18(4)15-29(24)5)19-8-6-7-9-19;1-8-20-10-12-22-21-11-9-18(6)25(26(21)30-27(22)28-20)24-14-19(13-16(2)3)23(17(4)5)15-29(24)7;1-5-19-11-13-21-20-12-10-16(2)24(25(20)29-26(21)27-19)23-14-22(17(3)15-28(23)4)18-8-6-7-9-18;1-5-19-11-13-21-20-12-10-16(2)24(25(20)29-26(21)27-19)23-14-17(3)22(15-28(23)4)18-8-6-7-9-18/h9-12,14-18H,13H2,1-8H3;10-16,19H,6-9H2,1-5H3;9-12,14-17H,8,13H2,1-7H3;2*10-15,18H,5-9H2,1-4H3/q5*+1. The van der Waals surface area contributed by atoms with Gasteiger partial charge in [-0.2, -0.15) is 0 Å². The highest BCUT2D eigenvalue weighted by atomic mass is 16.4. The van der Waals surface area contributed by atoms with Gasteiger partial charge in [0.25, 0.3) is 0 Å². The third kappa shape index (κ3) is 20.5. The Morgan fingerprint density at radius 3 is 0.779 bits per heavy atom. The maximum atomic E-state index is 6.44. The zero-order valence-corrected chi connectivity index (χ0v) is 94.1. The van der Waals surface area contributed by atoms with Gasteiger partial charge in [0.15, 0.2) is 58.9 Å². The van der Waals surface area contributed by atoms with E-state index in [0.717, 1.165) is 177 Å². The van der Waals surface area contributed by atoms with Crippen LogP contribution >= 0.6 is 0 Å². The summed E-state index contributed by atoms with van der Waals surface area (Å²) in [6, 6.07) is 55.3. The van der Waals surface area contributed by atoms with Gasteiger partial charge in [-0.25, -0.2) is 47.8 Å². The molecule has 0 spiro atoms. The predicted octanol–water partition coefficient (Wildman–Crippen LogP) is 33.4. The summed E-state index contributed by atoms with van der Waals surface area (Å²) >= 11 is 0. The van der Waals surface area contributed by atoms with Crippen LogP contribution in [0.5, 0.6) is 0 Å². The van der Waals surface area contributed by atoms with Crippen molar-refractivity contribution in [3.05, 3.63) is 295 Å². The third-order valence-corrected chi connectivity index (χ3v) is 32.6. The molecule has 15 heteroatoms. The lowest BCUT2D eigenvalue weighted by molar-refractivity contribution is -0.661. The summed E-state index contributed by atoms with van der Waals surface area (Å²) in [7, 11) is 10.8. The van der Waals surface area contributed by atoms with Crippen LogP contribution in [-0.4, -0.2) is 24.9 Å². The normalized spacial score (nSPS) is 13.9. The van der Waals surface area contributed by atoms with Gasteiger partial charge in [-0.05, 0) is 296 Å².